The molecule has 2 saturated heterocycles. The fraction of sp³-hybridized carbons (Fsp3) is 0.667. The van der Waals surface area contributed by atoms with E-state index in [4.69, 9.17) is 0 Å². The predicted molar refractivity (Wildman–Crippen MR) is 107 cm³/mol. The van der Waals surface area contributed by atoms with E-state index < -0.39 is 0 Å². The van der Waals surface area contributed by atoms with Crippen LogP contribution in [0.4, 0.5) is 5.69 Å². The van der Waals surface area contributed by atoms with E-state index in [-0.39, 0.29) is 11.8 Å². The van der Waals surface area contributed by atoms with Gasteiger partial charge in [0.05, 0.1) is 11.9 Å². The minimum Gasteiger partial charge on any atom is -0.343 e. The van der Waals surface area contributed by atoms with Gasteiger partial charge in [0.1, 0.15) is 0 Å². The number of nitrogens with zero attached hydrogens (tertiary/aromatic N) is 4. The molecule has 0 N–H and O–H groups in total. The number of rotatable bonds is 5. The van der Waals surface area contributed by atoms with Gasteiger partial charge in [-0.3, -0.25) is 14.6 Å². The molecule has 0 radical (unpaired) electrons. The molecule has 27 heavy (non-hydrogen) atoms. The monoisotopic (exact) mass is 372 g/mol. The van der Waals surface area contributed by atoms with E-state index >= 15 is 0 Å². The maximum absolute atomic E-state index is 12.3. The average molecular weight is 373 g/mol. The number of anilines is 1. The summed E-state index contributed by atoms with van der Waals surface area (Å²) < 4.78 is 0. The van der Waals surface area contributed by atoms with Crippen LogP contribution in [0.2, 0.25) is 0 Å². The predicted octanol–water partition coefficient (Wildman–Crippen LogP) is 2.47. The number of aryl methyl sites for hydroxylation is 1. The van der Waals surface area contributed by atoms with Crippen LogP contribution < -0.4 is 4.90 Å². The summed E-state index contributed by atoms with van der Waals surface area (Å²) in [5.41, 5.74) is 1.89. The highest BCUT2D eigenvalue weighted by atomic mass is 16.2. The van der Waals surface area contributed by atoms with E-state index in [1.165, 1.54) is 0 Å². The first kappa shape index (κ1) is 19.8. The quantitative estimate of drug-likeness (QED) is 0.797. The summed E-state index contributed by atoms with van der Waals surface area (Å²) in [6.45, 7) is 7.59. The Labute approximate surface area is 162 Å². The minimum absolute atomic E-state index is 0.158. The van der Waals surface area contributed by atoms with Crippen molar-refractivity contribution in [2.24, 2.45) is 5.92 Å². The highest BCUT2D eigenvalue weighted by Crippen LogP contribution is 2.26. The molecule has 2 aliphatic heterocycles. The third-order valence-corrected chi connectivity index (χ3v) is 6.17. The summed E-state index contributed by atoms with van der Waals surface area (Å²) in [6, 6.07) is 4.35. The molecule has 1 unspecified atom stereocenters. The van der Waals surface area contributed by atoms with Gasteiger partial charge in [-0.1, -0.05) is 0 Å². The van der Waals surface area contributed by atoms with Gasteiger partial charge in [-0.15, -0.1) is 0 Å². The third kappa shape index (κ3) is 5.06. The number of likely N-dealkylation sites (tertiary alicyclic amines) is 1. The van der Waals surface area contributed by atoms with Gasteiger partial charge in [-0.05, 0) is 57.2 Å². The van der Waals surface area contributed by atoms with Crippen LogP contribution in [-0.4, -0.2) is 65.9 Å². The maximum Gasteiger partial charge on any atom is 0.227 e. The van der Waals surface area contributed by atoms with Gasteiger partial charge in [0.2, 0.25) is 11.8 Å². The number of aromatic nitrogens is 1. The lowest BCUT2D eigenvalue weighted by molar-refractivity contribution is -0.130. The van der Waals surface area contributed by atoms with Crippen molar-refractivity contribution in [3.05, 3.63) is 24.0 Å². The first-order valence-corrected chi connectivity index (χ1v) is 10.1. The van der Waals surface area contributed by atoms with Gasteiger partial charge in [0, 0.05) is 51.8 Å². The number of hydrogen-bond acceptors (Lipinski definition) is 4. The van der Waals surface area contributed by atoms with E-state index in [0.717, 1.165) is 63.2 Å². The number of pyridine rings is 1. The van der Waals surface area contributed by atoms with E-state index in [9.17, 15) is 9.59 Å². The molecule has 0 saturated carbocycles. The van der Waals surface area contributed by atoms with E-state index in [0.29, 0.717) is 18.4 Å². The smallest absolute Gasteiger partial charge is 0.227 e. The average Bonchev–Trinajstić information content (AvgIpc) is 2.68. The molecular formula is C21H32N4O2. The first-order chi connectivity index (χ1) is 12.9. The number of hydrogen-bond donors (Lipinski definition) is 0. The van der Waals surface area contributed by atoms with Crippen molar-refractivity contribution < 1.29 is 9.59 Å². The van der Waals surface area contributed by atoms with Gasteiger partial charge in [-0.25, -0.2) is 0 Å². The molecule has 3 rings (SSSR count). The van der Waals surface area contributed by atoms with Crippen LogP contribution in [0.1, 0.15) is 44.7 Å². The van der Waals surface area contributed by atoms with Crippen molar-refractivity contribution in [1.29, 1.82) is 0 Å². The number of carbonyl (C=O) groups excluding carboxylic acids is 2. The molecule has 2 amide bonds. The summed E-state index contributed by atoms with van der Waals surface area (Å²) in [5, 5.41) is 0. The lowest BCUT2D eigenvalue weighted by Gasteiger charge is -2.38. The molecule has 2 fully saturated rings. The molecule has 1 aromatic heterocycles. The molecule has 0 aromatic carbocycles. The maximum atomic E-state index is 12.3. The van der Waals surface area contributed by atoms with Crippen LogP contribution in [-0.2, 0) is 9.59 Å². The molecule has 1 atom stereocenters. The lowest BCUT2D eigenvalue weighted by Crippen LogP contribution is -2.46. The summed E-state index contributed by atoms with van der Waals surface area (Å²) in [4.78, 5) is 34.5. The van der Waals surface area contributed by atoms with Crippen molar-refractivity contribution in [2.45, 2.75) is 52.0 Å². The first-order valence-electron chi connectivity index (χ1n) is 10.1. The summed E-state index contributed by atoms with van der Waals surface area (Å²) in [7, 11) is 1.91. The van der Waals surface area contributed by atoms with E-state index in [1.54, 1.807) is 6.92 Å². The molecule has 6 nitrogen and oxygen atoms in total. The Morgan fingerprint density at radius 3 is 2.63 bits per heavy atom. The Hall–Kier alpha value is -1.95. The number of amides is 2. The lowest BCUT2D eigenvalue weighted by atomic mass is 9.93. The second-order valence-corrected chi connectivity index (χ2v) is 8.06. The SMILES string of the molecule is CC(=O)N(C)C1CCN(CCC2CCC(=O)N(c3ccc(C)nc3)C2)CC1. The highest BCUT2D eigenvalue weighted by Gasteiger charge is 2.28. The van der Waals surface area contributed by atoms with Crippen molar-refractivity contribution in [3.63, 3.8) is 0 Å². The fourth-order valence-electron chi connectivity index (χ4n) is 4.17. The zero-order valence-corrected chi connectivity index (χ0v) is 16.9. The van der Waals surface area contributed by atoms with Crippen LogP contribution in [0, 0.1) is 12.8 Å². The van der Waals surface area contributed by atoms with Crippen LogP contribution in [0.3, 0.4) is 0 Å². The minimum atomic E-state index is 0.158. The molecule has 2 aliphatic rings. The van der Waals surface area contributed by atoms with E-state index in [1.807, 2.05) is 42.1 Å². The Morgan fingerprint density at radius 2 is 2.00 bits per heavy atom. The number of piperidine rings is 2. The second kappa shape index (κ2) is 8.83. The van der Waals surface area contributed by atoms with Gasteiger partial charge in [-0.2, -0.15) is 0 Å². The van der Waals surface area contributed by atoms with Crippen LogP contribution in [0.15, 0.2) is 18.3 Å². The van der Waals surface area contributed by atoms with Crippen molar-refractivity contribution >= 4 is 17.5 Å². The second-order valence-electron chi connectivity index (χ2n) is 8.06. The zero-order valence-electron chi connectivity index (χ0n) is 16.9. The fourth-order valence-corrected chi connectivity index (χ4v) is 4.17. The standard InChI is InChI=1S/C21H32N4O2/c1-16-4-6-20(14-22-16)25-15-18(5-7-21(25)27)8-11-24-12-9-19(10-13-24)23(3)17(2)26/h4,6,14,18-19H,5,7-13,15H2,1-3H3. The Bertz CT molecular complexity index is 653. The van der Waals surface area contributed by atoms with Crippen molar-refractivity contribution in [3.8, 4) is 0 Å². The van der Waals surface area contributed by atoms with Crippen LogP contribution in [0.5, 0.6) is 0 Å². The van der Waals surface area contributed by atoms with Crippen molar-refractivity contribution in [2.75, 3.05) is 38.1 Å². The van der Waals surface area contributed by atoms with Crippen molar-refractivity contribution in [1.82, 2.24) is 14.8 Å². The Morgan fingerprint density at radius 1 is 1.26 bits per heavy atom. The Balaban J connectivity index is 1.47. The van der Waals surface area contributed by atoms with Gasteiger partial charge in [0.15, 0.2) is 0 Å². The highest BCUT2D eigenvalue weighted by molar-refractivity contribution is 5.93. The molecule has 148 valence electrons. The van der Waals surface area contributed by atoms with Gasteiger partial charge >= 0.3 is 0 Å². The molecular weight excluding hydrogens is 340 g/mol. The molecule has 0 bridgehead atoms. The molecule has 0 aliphatic carbocycles. The van der Waals surface area contributed by atoms with Gasteiger partial charge < -0.3 is 14.7 Å². The van der Waals surface area contributed by atoms with Crippen LogP contribution in [0.25, 0.3) is 0 Å². The van der Waals surface area contributed by atoms with Crippen LogP contribution >= 0.6 is 0 Å². The summed E-state index contributed by atoms with van der Waals surface area (Å²) >= 11 is 0. The Kier molecular flexibility index (Phi) is 6.47. The summed E-state index contributed by atoms with van der Waals surface area (Å²) in [5.74, 6) is 0.914. The molecule has 0 spiro atoms. The van der Waals surface area contributed by atoms with E-state index in [2.05, 4.69) is 9.88 Å². The molecule has 1 aromatic rings. The molecule has 6 heteroatoms. The third-order valence-electron chi connectivity index (χ3n) is 6.17. The summed E-state index contributed by atoms with van der Waals surface area (Å²) in [6.07, 6.45) is 6.66. The number of carbonyl (C=O) groups is 2. The largest absolute Gasteiger partial charge is 0.343 e. The topological polar surface area (TPSA) is 56.8 Å². The normalized spacial score (nSPS) is 22.1. The molecule has 3 heterocycles. The zero-order chi connectivity index (χ0) is 19.4. The van der Waals surface area contributed by atoms with Gasteiger partial charge in [0.25, 0.3) is 0 Å².